The van der Waals surface area contributed by atoms with Gasteiger partial charge in [-0.25, -0.2) is 4.79 Å². The van der Waals surface area contributed by atoms with E-state index in [2.05, 4.69) is 25.9 Å². The van der Waals surface area contributed by atoms with Crippen LogP contribution in [0.1, 0.15) is 24.4 Å². The summed E-state index contributed by atoms with van der Waals surface area (Å²) >= 11 is 0. The van der Waals surface area contributed by atoms with Crippen molar-refractivity contribution in [2.75, 3.05) is 10.6 Å². The Morgan fingerprint density at radius 2 is 1.96 bits per heavy atom. The van der Waals surface area contributed by atoms with Gasteiger partial charge in [0.1, 0.15) is 5.76 Å². The van der Waals surface area contributed by atoms with Crippen molar-refractivity contribution in [1.29, 1.82) is 0 Å². The molecule has 0 aliphatic rings. The van der Waals surface area contributed by atoms with Gasteiger partial charge in [0.15, 0.2) is 0 Å². The Kier molecular flexibility index (Phi) is 5.26. The van der Waals surface area contributed by atoms with Crippen LogP contribution in [0.2, 0.25) is 0 Å². The van der Waals surface area contributed by atoms with E-state index in [1.807, 2.05) is 31.2 Å². The third-order valence-electron chi connectivity index (χ3n) is 3.56. The number of rotatable bonds is 6. The molecule has 0 spiro atoms. The number of aromatic nitrogens is 2. The summed E-state index contributed by atoms with van der Waals surface area (Å²) < 4.78 is 5.16. The topological polar surface area (TPSA) is 92.1 Å². The van der Waals surface area contributed by atoms with E-state index >= 15 is 0 Å². The molecule has 0 bridgehead atoms. The number of amides is 2. The van der Waals surface area contributed by atoms with E-state index < -0.39 is 0 Å². The maximum Gasteiger partial charge on any atom is 0.319 e. The normalized spacial score (nSPS) is 11.6. The summed E-state index contributed by atoms with van der Waals surface area (Å²) in [6, 6.07) is 10.8. The molecule has 2 aromatic heterocycles. The summed E-state index contributed by atoms with van der Waals surface area (Å²) in [6.07, 6.45) is 6.62. The number of carbonyl (C=O) groups is 1. The minimum atomic E-state index is -0.287. The third-order valence-corrected chi connectivity index (χ3v) is 3.56. The lowest BCUT2D eigenvalue weighted by Gasteiger charge is -2.14. The van der Waals surface area contributed by atoms with Crippen molar-refractivity contribution in [2.45, 2.75) is 19.5 Å². The van der Waals surface area contributed by atoms with Gasteiger partial charge in [-0.05, 0) is 43.3 Å². The average Bonchev–Trinajstić information content (AvgIpc) is 3.16. The summed E-state index contributed by atoms with van der Waals surface area (Å²) in [6.45, 7) is 2.35. The quantitative estimate of drug-likeness (QED) is 0.639. The first kappa shape index (κ1) is 16.5. The Morgan fingerprint density at radius 1 is 1.16 bits per heavy atom. The van der Waals surface area contributed by atoms with Crippen LogP contribution in [0.5, 0.6) is 0 Å². The summed E-state index contributed by atoms with van der Waals surface area (Å²) in [4.78, 5) is 20.2. The number of nitrogens with zero attached hydrogens (tertiary/aromatic N) is 2. The molecule has 1 aromatic carbocycles. The van der Waals surface area contributed by atoms with Gasteiger partial charge < -0.3 is 20.4 Å². The van der Waals surface area contributed by atoms with Crippen LogP contribution in [0.3, 0.4) is 0 Å². The molecular formula is C18H19N5O2. The van der Waals surface area contributed by atoms with Gasteiger partial charge in [-0.2, -0.15) is 0 Å². The zero-order valence-electron chi connectivity index (χ0n) is 13.8. The van der Waals surface area contributed by atoms with Crippen molar-refractivity contribution in [3.05, 3.63) is 72.7 Å². The summed E-state index contributed by atoms with van der Waals surface area (Å²) in [5.41, 5.74) is 2.50. The number of urea groups is 1. The molecule has 0 unspecified atom stereocenters. The standard InChI is InChI=1S/C18H19N5O2/c1-13(17-12-19-8-9-20-17)22-14-4-6-15(7-5-14)23-18(24)21-11-16-3-2-10-25-16/h2-10,12-13,22H,11H2,1H3,(H2,21,23,24)/t13-/m0/s1. The molecule has 3 aromatic rings. The Hall–Kier alpha value is -3.35. The van der Waals surface area contributed by atoms with Gasteiger partial charge in [-0.15, -0.1) is 0 Å². The van der Waals surface area contributed by atoms with Crippen molar-refractivity contribution < 1.29 is 9.21 Å². The van der Waals surface area contributed by atoms with E-state index in [1.54, 1.807) is 37.0 Å². The minimum absolute atomic E-state index is 0.0316. The Bertz CT molecular complexity index is 788. The molecular weight excluding hydrogens is 318 g/mol. The van der Waals surface area contributed by atoms with Crippen LogP contribution in [0, 0.1) is 0 Å². The van der Waals surface area contributed by atoms with Crippen LogP contribution in [-0.2, 0) is 6.54 Å². The molecule has 1 atom stereocenters. The first-order valence-electron chi connectivity index (χ1n) is 7.90. The molecule has 0 saturated carbocycles. The molecule has 7 nitrogen and oxygen atoms in total. The highest BCUT2D eigenvalue weighted by atomic mass is 16.3. The Balaban J connectivity index is 1.50. The van der Waals surface area contributed by atoms with Crippen LogP contribution in [0.25, 0.3) is 0 Å². The van der Waals surface area contributed by atoms with Crippen LogP contribution in [0.15, 0.2) is 65.7 Å². The molecule has 0 aliphatic heterocycles. The lowest BCUT2D eigenvalue weighted by Crippen LogP contribution is -2.27. The fourth-order valence-electron chi connectivity index (χ4n) is 2.26. The molecule has 25 heavy (non-hydrogen) atoms. The largest absolute Gasteiger partial charge is 0.467 e. The third kappa shape index (κ3) is 4.81. The van der Waals surface area contributed by atoms with Gasteiger partial charge in [-0.3, -0.25) is 9.97 Å². The van der Waals surface area contributed by atoms with E-state index in [-0.39, 0.29) is 12.1 Å². The number of hydrogen-bond acceptors (Lipinski definition) is 5. The SMILES string of the molecule is C[C@H](Nc1ccc(NC(=O)NCc2ccco2)cc1)c1cnccn1. The van der Waals surface area contributed by atoms with Gasteiger partial charge in [0, 0.05) is 23.8 Å². The fraction of sp³-hybridized carbons (Fsp3) is 0.167. The van der Waals surface area contributed by atoms with E-state index in [0.29, 0.717) is 18.0 Å². The molecule has 7 heteroatoms. The first-order valence-corrected chi connectivity index (χ1v) is 7.90. The van der Waals surface area contributed by atoms with E-state index in [0.717, 1.165) is 11.4 Å². The lowest BCUT2D eigenvalue weighted by atomic mass is 10.2. The van der Waals surface area contributed by atoms with Gasteiger partial charge in [0.2, 0.25) is 0 Å². The summed E-state index contributed by atoms with van der Waals surface area (Å²) in [5.74, 6) is 0.702. The second-order valence-corrected chi connectivity index (χ2v) is 5.46. The molecule has 3 rings (SSSR count). The second-order valence-electron chi connectivity index (χ2n) is 5.46. The van der Waals surface area contributed by atoms with Crippen LogP contribution in [-0.4, -0.2) is 16.0 Å². The van der Waals surface area contributed by atoms with Crippen molar-refractivity contribution >= 4 is 17.4 Å². The van der Waals surface area contributed by atoms with Gasteiger partial charge in [0.25, 0.3) is 0 Å². The van der Waals surface area contributed by atoms with Crippen LogP contribution in [0.4, 0.5) is 16.2 Å². The second kappa shape index (κ2) is 7.96. The predicted molar refractivity (Wildman–Crippen MR) is 95.1 cm³/mol. The molecule has 0 fully saturated rings. The molecule has 0 aliphatic carbocycles. The number of nitrogens with one attached hydrogen (secondary N) is 3. The lowest BCUT2D eigenvalue weighted by molar-refractivity contribution is 0.251. The highest BCUT2D eigenvalue weighted by Gasteiger charge is 2.07. The van der Waals surface area contributed by atoms with Gasteiger partial charge in [0.05, 0.1) is 30.7 Å². The maximum absolute atomic E-state index is 11.9. The number of anilines is 2. The molecule has 0 saturated heterocycles. The predicted octanol–water partition coefficient (Wildman–Crippen LogP) is 3.56. The summed E-state index contributed by atoms with van der Waals surface area (Å²) in [7, 11) is 0. The molecule has 128 valence electrons. The van der Waals surface area contributed by atoms with Gasteiger partial charge >= 0.3 is 6.03 Å². The first-order chi connectivity index (χ1) is 12.2. The smallest absolute Gasteiger partial charge is 0.319 e. The number of benzene rings is 1. The van der Waals surface area contributed by atoms with Gasteiger partial charge in [-0.1, -0.05) is 0 Å². The minimum Gasteiger partial charge on any atom is -0.467 e. The van der Waals surface area contributed by atoms with Crippen LogP contribution >= 0.6 is 0 Å². The molecule has 3 N–H and O–H groups in total. The van der Waals surface area contributed by atoms with Crippen molar-refractivity contribution in [3.63, 3.8) is 0 Å². The zero-order valence-corrected chi connectivity index (χ0v) is 13.8. The van der Waals surface area contributed by atoms with E-state index in [9.17, 15) is 4.79 Å². The summed E-state index contributed by atoms with van der Waals surface area (Å²) in [5, 5.41) is 8.84. The molecule has 0 radical (unpaired) electrons. The van der Waals surface area contributed by atoms with Crippen molar-refractivity contribution in [3.8, 4) is 0 Å². The average molecular weight is 337 g/mol. The molecule has 2 heterocycles. The van der Waals surface area contributed by atoms with Crippen molar-refractivity contribution in [1.82, 2.24) is 15.3 Å². The fourth-order valence-corrected chi connectivity index (χ4v) is 2.26. The number of carbonyl (C=O) groups excluding carboxylic acids is 1. The van der Waals surface area contributed by atoms with Crippen molar-refractivity contribution in [2.24, 2.45) is 0 Å². The highest BCUT2D eigenvalue weighted by Crippen LogP contribution is 2.19. The number of hydrogen-bond donors (Lipinski definition) is 3. The van der Waals surface area contributed by atoms with E-state index in [4.69, 9.17) is 4.42 Å². The Morgan fingerprint density at radius 3 is 2.64 bits per heavy atom. The Labute approximate surface area is 145 Å². The maximum atomic E-state index is 11.9. The zero-order chi connectivity index (χ0) is 17.5. The van der Waals surface area contributed by atoms with Crippen LogP contribution < -0.4 is 16.0 Å². The number of furan rings is 1. The van der Waals surface area contributed by atoms with E-state index in [1.165, 1.54) is 0 Å². The highest BCUT2D eigenvalue weighted by molar-refractivity contribution is 5.89. The monoisotopic (exact) mass is 337 g/mol. The molecule has 2 amide bonds.